The number of fused-ring (bicyclic) bond motifs is 1. The van der Waals surface area contributed by atoms with Gasteiger partial charge >= 0.3 is 11.7 Å². The van der Waals surface area contributed by atoms with Gasteiger partial charge in [-0.3, -0.25) is 19.1 Å². The second-order valence-electron chi connectivity index (χ2n) is 7.76. The summed E-state index contributed by atoms with van der Waals surface area (Å²) in [6, 6.07) is -0.856. The number of hydrogen-bond donors (Lipinski definition) is 1. The summed E-state index contributed by atoms with van der Waals surface area (Å²) in [5.74, 6) is -0.300. The molecule has 3 heterocycles. The Morgan fingerprint density at radius 1 is 1.19 bits per heavy atom. The number of rotatable bonds is 9. The lowest BCUT2D eigenvalue weighted by Crippen LogP contribution is -2.40. The molecule has 2 aromatic rings. The average molecular weight is 456 g/mol. The second kappa shape index (κ2) is 9.35. The number of carbonyl (C=O) groups excluding carboxylic acids is 1. The van der Waals surface area contributed by atoms with Gasteiger partial charge in [0.15, 0.2) is 11.2 Å². The van der Waals surface area contributed by atoms with Gasteiger partial charge in [0, 0.05) is 19.6 Å². The van der Waals surface area contributed by atoms with E-state index in [1.54, 1.807) is 4.57 Å². The number of aromatic amines is 1. The Hall–Kier alpha value is -2.47. The highest BCUT2D eigenvalue weighted by Crippen LogP contribution is 2.22. The van der Waals surface area contributed by atoms with Crippen LogP contribution >= 0.6 is 0 Å². The van der Waals surface area contributed by atoms with Gasteiger partial charge in [0.2, 0.25) is 10.0 Å². The third kappa shape index (κ3) is 4.74. The number of hydrogen-bond acceptors (Lipinski definition) is 7. The maximum atomic E-state index is 12.6. The van der Waals surface area contributed by atoms with Crippen molar-refractivity contribution in [2.24, 2.45) is 0 Å². The lowest BCUT2D eigenvalue weighted by atomic mass is 10.2. The van der Waals surface area contributed by atoms with E-state index in [1.807, 2.05) is 13.8 Å². The first-order valence-corrected chi connectivity index (χ1v) is 12.4. The van der Waals surface area contributed by atoms with E-state index in [4.69, 9.17) is 4.74 Å². The summed E-state index contributed by atoms with van der Waals surface area (Å²) in [7, 11) is -3.51. The third-order valence-electron chi connectivity index (χ3n) is 5.39. The van der Waals surface area contributed by atoms with Gasteiger partial charge in [0.05, 0.1) is 6.26 Å². The predicted molar refractivity (Wildman–Crippen MR) is 114 cm³/mol. The molecule has 0 amide bonds. The fourth-order valence-electron chi connectivity index (χ4n) is 3.92. The van der Waals surface area contributed by atoms with Crippen LogP contribution in [0.2, 0.25) is 0 Å². The summed E-state index contributed by atoms with van der Waals surface area (Å²) in [5.41, 5.74) is -0.529. The van der Waals surface area contributed by atoms with Gasteiger partial charge in [-0.25, -0.2) is 18.2 Å². The zero-order valence-corrected chi connectivity index (χ0v) is 18.9. The van der Waals surface area contributed by atoms with Crippen LogP contribution in [0.5, 0.6) is 0 Å². The summed E-state index contributed by atoms with van der Waals surface area (Å²) in [4.78, 5) is 44.3. The largest absolute Gasteiger partial charge is 0.456 e. The van der Waals surface area contributed by atoms with E-state index in [2.05, 4.69) is 9.97 Å². The fraction of sp³-hybridized carbons (Fsp3) is 0.684. The Morgan fingerprint density at radius 2 is 1.94 bits per heavy atom. The van der Waals surface area contributed by atoms with Crippen LogP contribution in [0, 0.1) is 0 Å². The van der Waals surface area contributed by atoms with Crippen molar-refractivity contribution in [1.29, 1.82) is 0 Å². The van der Waals surface area contributed by atoms with Crippen molar-refractivity contribution < 1.29 is 17.9 Å². The number of aryl methyl sites for hydroxylation is 2. The zero-order chi connectivity index (χ0) is 22.8. The molecule has 11 nitrogen and oxygen atoms in total. The van der Waals surface area contributed by atoms with Crippen molar-refractivity contribution >= 4 is 27.2 Å². The van der Waals surface area contributed by atoms with Gasteiger partial charge in [-0.2, -0.15) is 4.31 Å². The smallest absolute Gasteiger partial charge is 0.330 e. The van der Waals surface area contributed by atoms with Crippen molar-refractivity contribution in [3.8, 4) is 0 Å². The molecule has 3 rings (SSSR count). The van der Waals surface area contributed by atoms with Crippen molar-refractivity contribution in [3.63, 3.8) is 0 Å². The van der Waals surface area contributed by atoms with E-state index in [1.165, 1.54) is 4.57 Å². The number of ether oxygens (including phenoxy) is 1. The van der Waals surface area contributed by atoms with Crippen LogP contribution in [0.4, 0.5) is 0 Å². The molecule has 1 N–H and O–H groups in total. The number of nitrogens with one attached hydrogen (secondary N) is 1. The standard InChI is InChI=1S/C19H29N5O6S/c1-4-6-10-23-16-15(17(25)21-19(23)27)22(9-5-2)14(20-16)12-30-18(26)13-8-7-11-24(13)31(3,28)29/h13H,4-12H2,1-3H3,(H,21,25,27)/t13-/m1/s1. The highest BCUT2D eigenvalue weighted by molar-refractivity contribution is 7.88. The molecule has 2 aromatic heterocycles. The van der Waals surface area contributed by atoms with Crippen molar-refractivity contribution in [2.45, 2.75) is 71.7 Å². The number of H-pyrrole nitrogens is 1. The van der Waals surface area contributed by atoms with E-state index in [0.29, 0.717) is 38.2 Å². The Bertz CT molecular complexity index is 1180. The van der Waals surface area contributed by atoms with Crippen LogP contribution in [0.25, 0.3) is 11.2 Å². The number of imidazole rings is 1. The topological polar surface area (TPSA) is 136 Å². The summed E-state index contributed by atoms with van der Waals surface area (Å²) in [5, 5.41) is 0. The Balaban J connectivity index is 1.94. The second-order valence-corrected chi connectivity index (χ2v) is 9.69. The summed E-state index contributed by atoms with van der Waals surface area (Å²) >= 11 is 0. The summed E-state index contributed by atoms with van der Waals surface area (Å²) < 4.78 is 33.5. The van der Waals surface area contributed by atoms with Crippen LogP contribution in [-0.4, -0.2) is 56.6 Å². The first-order valence-electron chi connectivity index (χ1n) is 10.5. The molecular formula is C19H29N5O6S. The summed E-state index contributed by atoms with van der Waals surface area (Å²) in [6.07, 6.45) is 4.36. The number of aromatic nitrogens is 4. The maximum absolute atomic E-state index is 12.6. The quantitative estimate of drug-likeness (QED) is 0.546. The minimum atomic E-state index is -3.51. The molecule has 0 spiro atoms. The molecule has 1 aliphatic heterocycles. The van der Waals surface area contributed by atoms with Gasteiger partial charge < -0.3 is 9.30 Å². The first kappa shape index (κ1) is 23.2. The molecule has 0 saturated carbocycles. The molecule has 0 radical (unpaired) electrons. The highest BCUT2D eigenvalue weighted by Gasteiger charge is 2.37. The van der Waals surface area contributed by atoms with Crippen molar-refractivity contribution in [1.82, 2.24) is 23.4 Å². The number of unbranched alkanes of at least 4 members (excludes halogenated alkanes) is 1. The SMILES string of the molecule is CCCCn1c(=O)[nH]c(=O)c2c1nc(COC(=O)[C@H]1CCCN1S(C)(=O)=O)n2CCC. The van der Waals surface area contributed by atoms with E-state index in [-0.39, 0.29) is 24.3 Å². The molecule has 172 valence electrons. The van der Waals surface area contributed by atoms with Gasteiger partial charge in [0.1, 0.15) is 18.5 Å². The number of sulfonamides is 1. The average Bonchev–Trinajstić information content (AvgIpc) is 3.32. The van der Waals surface area contributed by atoms with E-state index in [9.17, 15) is 22.8 Å². The molecule has 1 saturated heterocycles. The molecule has 12 heteroatoms. The van der Waals surface area contributed by atoms with Crippen LogP contribution in [0.15, 0.2) is 9.59 Å². The Morgan fingerprint density at radius 3 is 2.58 bits per heavy atom. The van der Waals surface area contributed by atoms with Gasteiger partial charge in [-0.05, 0) is 25.7 Å². The molecule has 0 unspecified atom stereocenters. The molecule has 0 aliphatic carbocycles. The minimum Gasteiger partial charge on any atom is -0.456 e. The predicted octanol–water partition coefficient (Wildman–Crippen LogP) is 0.564. The number of carbonyl (C=O) groups is 1. The number of nitrogens with zero attached hydrogens (tertiary/aromatic N) is 4. The molecular weight excluding hydrogens is 426 g/mol. The molecule has 0 aromatic carbocycles. The zero-order valence-electron chi connectivity index (χ0n) is 18.1. The van der Waals surface area contributed by atoms with Gasteiger partial charge in [0.25, 0.3) is 5.56 Å². The summed E-state index contributed by atoms with van der Waals surface area (Å²) in [6.45, 7) is 4.87. The number of esters is 1. The molecule has 1 aliphatic rings. The highest BCUT2D eigenvalue weighted by atomic mass is 32.2. The van der Waals surface area contributed by atoms with Crippen LogP contribution in [-0.2, 0) is 39.3 Å². The third-order valence-corrected chi connectivity index (χ3v) is 6.68. The monoisotopic (exact) mass is 455 g/mol. The lowest BCUT2D eigenvalue weighted by Gasteiger charge is -2.20. The molecule has 1 atom stereocenters. The van der Waals surface area contributed by atoms with Gasteiger partial charge in [-0.1, -0.05) is 20.3 Å². The van der Waals surface area contributed by atoms with Gasteiger partial charge in [-0.15, -0.1) is 0 Å². The molecule has 31 heavy (non-hydrogen) atoms. The Labute approximate surface area is 180 Å². The van der Waals surface area contributed by atoms with Crippen LogP contribution < -0.4 is 11.2 Å². The Kier molecular flexibility index (Phi) is 6.99. The van der Waals surface area contributed by atoms with Crippen molar-refractivity contribution in [2.75, 3.05) is 12.8 Å². The van der Waals surface area contributed by atoms with Crippen molar-refractivity contribution in [3.05, 3.63) is 26.7 Å². The normalized spacial score (nSPS) is 17.5. The lowest BCUT2D eigenvalue weighted by molar-refractivity contribution is -0.149. The first-order chi connectivity index (χ1) is 14.7. The maximum Gasteiger partial charge on any atom is 0.330 e. The molecule has 1 fully saturated rings. The van der Waals surface area contributed by atoms with E-state index >= 15 is 0 Å². The van der Waals surface area contributed by atoms with E-state index < -0.39 is 33.3 Å². The fourth-order valence-corrected chi connectivity index (χ4v) is 5.03. The van der Waals surface area contributed by atoms with E-state index in [0.717, 1.165) is 23.4 Å². The van der Waals surface area contributed by atoms with Crippen LogP contribution in [0.1, 0.15) is 51.8 Å². The molecule has 0 bridgehead atoms. The van der Waals surface area contributed by atoms with Crippen LogP contribution in [0.3, 0.4) is 0 Å². The minimum absolute atomic E-state index is 0.219.